The van der Waals surface area contributed by atoms with Crippen molar-refractivity contribution in [2.75, 3.05) is 7.11 Å². The number of aliphatic hydroxyl groups is 4. The fourth-order valence-electron chi connectivity index (χ4n) is 4.64. The molecule has 0 aromatic carbocycles. The van der Waals surface area contributed by atoms with Crippen LogP contribution in [0.5, 0.6) is 0 Å². The molecule has 2 rings (SSSR count). The summed E-state index contributed by atoms with van der Waals surface area (Å²) >= 11 is 0. The highest BCUT2D eigenvalue weighted by molar-refractivity contribution is 5.73. The van der Waals surface area contributed by atoms with Gasteiger partial charge in [0.15, 0.2) is 0 Å². The van der Waals surface area contributed by atoms with Crippen molar-refractivity contribution >= 4 is 5.97 Å². The molecule has 0 aromatic rings. The molecule has 0 saturated carbocycles. The van der Waals surface area contributed by atoms with Gasteiger partial charge >= 0.3 is 5.97 Å². The fourth-order valence-corrected chi connectivity index (χ4v) is 4.64. The Labute approximate surface area is 209 Å². The third-order valence-electron chi connectivity index (χ3n) is 7.29. The van der Waals surface area contributed by atoms with Gasteiger partial charge in [0.05, 0.1) is 35.4 Å². The van der Waals surface area contributed by atoms with Crippen molar-refractivity contribution in [2.24, 2.45) is 5.41 Å². The SMILES string of the molecule is COC(C)(C)CCCC1=CC(O)C=C(CCC2=CC(O)C=C(CCCC(C)(C)C(=O)O)C2O)C1O. The Morgan fingerprint density at radius 2 is 1.11 bits per heavy atom. The van der Waals surface area contributed by atoms with E-state index in [4.69, 9.17) is 4.74 Å². The lowest BCUT2D eigenvalue weighted by Crippen LogP contribution is -2.26. The molecule has 0 spiro atoms. The van der Waals surface area contributed by atoms with Gasteiger partial charge in [-0.3, -0.25) is 4.79 Å². The van der Waals surface area contributed by atoms with Crippen LogP contribution in [0.2, 0.25) is 0 Å². The molecule has 2 aliphatic rings. The van der Waals surface area contributed by atoms with Gasteiger partial charge in [-0.2, -0.15) is 0 Å². The van der Waals surface area contributed by atoms with Gasteiger partial charge in [-0.1, -0.05) is 24.3 Å². The van der Waals surface area contributed by atoms with Crippen LogP contribution in [-0.2, 0) is 9.53 Å². The lowest BCUT2D eigenvalue weighted by Gasteiger charge is -2.28. The Bertz CT molecular complexity index is 863. The molecule has 0 radical (unpaired) electrons. The number of hydrogen-bond acceptors (Lipinski definition) is 6. The minimum absolute atomic E-state index is 0.240. The summed E-state index contributed by atoms with van der Waals surface area (Å²) < 4.78 is 5.46. The van der Waals surface area contributed by atoms with E-state index in [1.165, 1.54) is 0 Å². The second kappa shape index (κ2) is 12.5. The second-order valence-corrected chi connectivity index (χ2v) is 11.1. The third-order valence-corrected chi connectivity index (χ3v) is 7.29. The van der Waals surface area contributed by atoms with Gasteiger partial charge in [0.2, 0.25) is 0 Å². The molecule has 4 unspecified atom stereocenters. The summed E-state index contributed by atoms with van der Waals surface area (Å²) in [5.74, 6) is -0.853. The van der Waals surface area contributed by atoms with E-state index in [1.807, 2.05) is 13.8 Å². The maximum atomic E-state index is 11.3. The van der Waals surface area contributed by atoms with Crippen molar-refractivity contribution in [3.8, 4) is 0 Å². The first-order valence-electron chi connectivity index (χ1n) is 12.6. The smallest absolute Gasteiger partial charge is 0.309 e. The van der Waals surface area contributed by atoms with Crippen LogP contribution in [-0.4, -0.2) is 68.6 Å². The van der Waals surface area contributed by atoms with Gasteiger partial charge in [-0.15, -0.1) is 0 Å². The second-order valence-electron chi connectivity index (χ2n) is 11.1. The Hall–Kier alpha value is -1.77. The Morgan fingerprint density at radius 1 is 0.743 bits per heavy atom. The molecule has 0 aliphatic heterocycles. The maximum Gasteiger partial charge on any atom is 0.309 e. The van der Waals surface area contributed by atoms with Gasteiger partial charge < -0.3 is 30.3 Å². The molecule has 0 saturated heterocycles. The summed E-state index contributed by atoms with van der Waals surface area (Å²) in [6.45, 7) is 7.40. The fraction of sp³-hybridized carbons (Fsp3) is 0.679. The molecule has 4 atom stereocenters. The van der Waals surface area contributed by atoms with Crippen LogP contribution in [0.1, 0.15) is 79.1 Å². The molecule has 7 heteroatoms. The molecule has 0 heterocycles. The molecule has 2 aliphatic carbocycles. The minimum Gasteiger partial charge on any atom is -0.481 e. The Balaban J connectivity index is 1.94. The average molecular weight is 493 g/mol. The molecule has 35 heavy (non-hydrogen) atoms. The van der Waals surface area contributed by atoms with Crippen molar-refractivity contribution in [2.45, 2.75) is 109 Å². The molecule has 198 valence electrons. The highest BCUT2D eigenvalue weighted by Gasteiger charge is 2.29. The normalized spacial score (nSPS) is 25.5. The van der Waals surface area contributed by atoms with Gasteiger partial charge in [0.1, 0.15) is 0 Å². The average Bonchev–Trinajstić information content (AvgIpc) is 2.77. The zero-order chi connectivity index (χ0) is 26.4. The van der Waals surface area contributed by atoms with Gasteiger partial charge in [-0.25, -0.2) is 0 Å². The van der Waals surface area contributed by atoms with Crippen LogP contribution in [0, 0.1) is 5.41 Å². The number of rotatable bonds is 13. The number of carboxylic acid groups (broad SMARTS) is 1. The van der Waals surface area contributed by atoms with E-state index in [9.17, 15) is 30.3 Å². The van der Waals surface area contributed by atoms with E-state index in [-0.39, 0.29) is 5.60 Å². The molecule has 0 bridgehead atoms. The van der Waals surface area contributed by atoms with E-state index in [2.05, 4.69) is 0 Å². The summed E-state index contributed by atoms with van der Waals surface area (Å²) in [7, 11) is 1.68. The van der Waals surface area contributed by atoms with Crippen LogP contribution in [0.15, 0.2) is 46.6 Å². The van der Waals surface area contributed by atoms with E-state index >= 15 is 0 Å². The molecular weight excluding hydrogens is 448 g/mol. The number of aliphatic hydroxyl groups excluding tert-OH is 4. The lowest BCUT2D eigenvalue weighted by atomic mass is 9.82. The number of methoxy groups -OCH3 is 1. The van der Waals surface area contributed by atoms with Crippen molar-refractivity contribution in [1.29, 1.82) is 0 Å². The number of carbonyl (C=O) groups is 1. The third kappa shape index (κ3) is 8.69. The van der Waals surface area contributed by atoms with Crippen LogP contribution in [0.4, 0.5) is 0 Å². The van der Waals surface area contributed by atoms with Crippen LogP contribution in [0.25, 0.3) is 0 Å². The van der Waals surface area contributed by atoms with Gasteiger partial charge in [0.25, 0.3) is 0 Å². The molecular formula is C28H44O7. The molecule has 5 N–H and O–H groups in total. The summed E-state index contributed by atoms with van der Waals surface area (Å²) in [4.78, 5) is 11.3. The largest absolute Gasteiger partial charge is 0.481 e. The Kier molecular flexibility index (Phi) is 10.5. The topological polar surface area (TPSA) is 127 Å². The number of hydrogen-bond donors (Lipinski definition) is 5. The predicted octanol–water partition coefficient (Wildman–Crippen LogP) is 3.82. The van der Waals surface area contributed by atoms with Crippen LogP contribution < -0.4 is 0 Å². The minimum atomic E-state index is -0.853. The highest BCUT2D eigenvalue weighted by Crippen LogP contribution is 2.33. The standard InChI is InChI=1S/C28H44O7/c1-27(2,26(33)34)12-6-8-18-14-22(29)16-20(24(18)31)10-11-21-17-23(30)15-19(25(21)32)9-7-13-28(3,4)35-5/h14-17,22-25,29-32H,6-13H2,1-5H3,(H,33,34). The molecule has 0 amide bonds. The van der Waals surface area contributed by atoms with Crippen molar-refractivity contribution in [3.63, 3.8) is 0 Å². The van der Waals surface area contributed by atoms with Crippen LogP contribution >= 0.6 is 0 Å². The maximum absolute atomic E-state index is 11.3. The molecule has 0 aromatic heterocycles. The molecule has 0 fully saturated rings. The van der Waals surface area contributed by atoms with Gasteiger partial charge in [0, 0.05) is 7.11 Å². The monoisotopic (exact) mass is 492 g/mol. The summed E-state index contributed by atoms with van der Waals surface area (Å²) in [6, 6.07) is 0. The van der Waals surface area contributed by atoms with E-state index in [1.54, 1.807) is 45.3 Å². The Morgan fingerprint density at radius 3 is 1.49 bits per heavy atom. The first kappa shape index (κ1) is 29.5. The summed E-state index contributed by atoms with van der Waals surface area (Å²) in [5, 5.41) is 51.7. The van der Waals surface area contributed by atoms with Crippen LogP contribution in [0.3, 0.4) is 0 Å². The van der Waals surface area contributed by atoms with Gasteiger partial charge in [-0.05, 0) is 101 Å². The zero-order valence-corrected chi connectivity index (χ0v) is 21.8. The summed E-state index contributed by atoms with van der Waals surface area (Å²) in [5.41, 5.74) is 1.79. The number of carboxylic acids is 1. The number of aliphatic carboxylic acids is 1. The van der Waals surface area contributed by atoms with E-state index in [0.717, 1.165) is 18.4 Å². The first-order chi connectivity index (χ1) is 16.3. The summed E-state index contributed by atoms with van der Waals surface area (Å²) in [6.07, 6.45) is 8.19. The van der Waals surface area contributed by atoms with Crippen molar-refractivity contribution in [3.05, 3.63) is 46.6 Å². The highest BCUT2D eigenvalue weighted by atomic mass is 16.5. The van der Waals surface area contributed by atoms with E-state index < -0.39 is 35.8 Å². The zero-order valence-electron chi connectivity index (χ0n) is 21.8. The van der Waals surface area contributed by atoms with Crippen molar-refractivity contribution in [1.82, 2.24) is 0 Å². The first-order valence-corrected chi connectivity index (χ1v) is 12.6. The quantitative estimate of drug-likeness (QED) is 0.247. The predicted molar refractivity (Wildman–Crippen MR) is 136 cm³/mol. The molecule has 7 nitrogen and oxygen atoms in total. The van der Waals surface area contributed by atoms with Crippen molar-refractivity contribution < 1.29 is 35.1 Å². The van der Waals surface area contributed by atoms with E-state index in [0.29, 0.717) is 55.2 Å². The lowest BCUT2D eigenvalue weighted by molar-refractivity contribution is -0.147. The number of ether oxygens (including phenoxy) is 1.